The summed E-state index contributed by atoms with van der Waals surface area (Å²) in [5.74, 6) is 0.591. The molecular formula is C21H18N4O3. The first-order valence-electron chi connectivity index (χ1n) is 8.60. The van der Waals surface area contributed by atoms with Gasteiger partial charge in [0.25, 0.3) is 5.91 Å². The Morgan fingerprint density at radius 1 is 1.11 bits per heavy atom. The van der Waals surface area contributed by atoms with Gasteiger partial charge in [0, 0.05) is 28.8 Å². The molecule has 7 nitrogen and oxygen atoms in total. The molecule has 2 aromatic carbocycles. The molecule has 7 heteroatoms. The molecule has 0 atom stereocenters. The van der Waals surface area contributed by atoms with E-state index in [-0.39, 0.29) is 5.91 Å². The fourth-order valence-electron chi connectivity index (χ4n) is 3.15. The normalized spacial score (nSPS) is 13.9. The monoisotopic (exact) mass is 374 g/mol. The number of anilines is 2. The number of nitrogens with two attached hydrogens (primary N) is 1. The quantitative estimate of drug-likeness (QED) is 0.523. The SMILES string of the molecule is COc1ccc(-c2c[nH]c(C=C3C(=O)Nc4ccc(NC(N)=O)cc43)c2)cc1. The Kier molecular flexibility index (Phi) is 4.33. The number of aromatic amines is 1. The number of benzene rings is 2. The van der Waals surface area contributed by atoms with Crippen LogP contribution in [0.15, 0.2) is 54.7 Å². The van der Waals surface area contributed by atoms with Crippen molar-refractivity contribution in [3.63, 3.8) is 0 Å². The second-order valence-corrected chi connectivity index (χ2v) is 6.33. The molecule has 0 unspecified atom stereocenters. The van der Waals surface area contributed by atoms with E-state index >= 15 is 0 Å². The van der Waals surface area contributed by atoms with Gasteiger partial charge in [-0.25, -0.2) is 4.79 Å². The van der Waals surface area contributed by atoms with Gasteiger partial charge >= 0.3 is 6.03 Å². The first kappa shape index (κ1) is 17.4. The molecular weight excluding hydrogens is 356 g/mol. The van der Waals surface area contributed by atoms with E-state index in [1.54, 1.807) is 31.4 Å². The Morgan fingerprint density at radius 2 is 1.89 bits per heavy atom. The minimum absolute atomic E-state index is 0.202. The Morgan fingerprint density at radius 3 is 2.61 bits per heavy atom. The van der Waals surface area contributed by atoms with Crippen LogP contribution < -0.4 is 21.1 Å². The summed E-state index contributed by atoms with van der Waals surface area (Å²) in [7, 11) is 1.63. The number of fused-ring (bicyclic) bond motifs is 1. The third-order valence-corrected chi connectivity index (χ3v) is 4.50. The highest BCUT2D eigenvalue weighted by molar-refractivity contribution is 6.35. The first-order valence-corrected chi connectivity index (χ1v) is 8.60. The van der Waals surface area contributed by atoms with Crippen LogP contribution in [-0.2, 0) is 4.79 Å². The van der Waals surface area contributed by atoms with E-state index in [1.807, 2.05) is 36.5 Å². The van der Waals surface area contributed by atoms with Gasteiger partial charge < -0.3 is 26.1 Å². The molecule has 1 aromatic heterocycles. The Bertz CT molecular complexity index is 1100. The average Bonchev–Trinajstić information content (AvgIpc) is 3.27. The lowest BCUT2D eigenvalue weighted by molar-refractivity contribution is -0.110. The van der Waals surface area contributed by atoms with E-state index in [9.17, 15) is 9.59 Å². The molecule has 0 spiro atoms. The lowest BCUT2D eigenvalue weighted by Gasteiger charge is -2.04. The van der Waals surface area contributed by atoms with Crippen molar-refractivity contribution in [2.75, 3.05) is 17.7 Å². The van der Waals surface area contributed by atoms with Crippen LogP contribution in [-0.4, -0.2) is 24.0 Å². The predicted molar refractivity (Wildman–Crippen MR) is 109 cm³/mol. The summed E-state index contributed by atoms with van der Waals surface area (Å²) in [6.45, 7) is 0. The molecule has 0 bridgehead atoms. The molecule has 1 aliphatic heterocycles. The maximum Gasteiger partial charge on any atom is 0.316 e. The fourth-order valence-corrected chi connectivity index (χ4v) is 3.15. The fraction of sp³-hybridized carbons (Fsp3) is 0.0476. The zero-order valence-corrected chi connectivity index (χ0v) is 15.1. The van der Waals surface area contributed by atoms with Crippen LogP contribution in [0.4, 0.5) is 16.2 Å². The minimum atomic E-state index is -0.656. The number of nitrogens with one attached hydrogen (secondary N) is 3. The first-order chi connectivity index (χ1) is 13.5. The summed E-state index contributed by atoms with van der Waals surface area (Å²) in [5, 5.41) is 5.34. The summed E-state index contributed by atoms with van der Waals surface area (Å²) >= 11 is 0. The number of methoxy groups -OCH3 is 1. The van der Waals surface area contributed by atoms with E-state index in [0.717, 1.165) is 22.6 Å². The van der Waals surface area contributed by atoms with Crippen molar-refractivity contribution in [2.45, 2.75) is 0 Å². The number of hydrogen-bond acceptors (Lipinski definition) is 3. The summed E-state index contributed by atoms with van der Waals surface area (Å²) in [6.07, 6.45) is 3.66. The van der Waals surface area contributed by atoms with Crippen LogP contribution in [0.1, 0.15) is 11.3 Å². The molecule has 1 aliphatic rings. The number of primary amides is 1. The van der Waals surface area contributed by atoms with Crippen LogP contribution in [0.25, 0.3) is 22.8 Å². The maximum atomic E-state index is 12.4. The molecule has 4 rings (SSSR count). The molecule has 5 N–H and O–H groups in total. The van der Waals surface area contributed by atoms with E-state index in [4.69, 9.17) is 10.5 Å². The second kappa shape index (κ2) is 6.96. The number of rotatable bonds is 4. The van der Waals surface area contributed by atoms with Crippen molar-refractivity contribution >= 4 is 35.0 Å². The third-order valence-electron chi connectivity index (χ3n) is 4.50. The van der Waals surface area contributed by atoms with E-state index in [0.29, 0.717) is 22.5 Å². The number of urea groups is 1. The lowest BCUT2D eigenvalue weighted by atomic mass is 10.0. The highest BCUT2D eigenvalue weighted by Gasteiger charge is 2.24. The molecule has 0 aliphatic carbocycles. The van der Waals surface area contributed by atoms with Gasteiger partial charge in [0.2, 0.25) is 0 Å². The minimum Gasteiger partial charge on any atom is -0.497 e. The number of H-pyrrole nitrogens is 1. The van der Waals surface area contributed by atoms with Gasteiger partial charge in [-0.05, 0) is 53.6 Å². The number of carbonyl (C=O) groups excluding carboxylic acids is 2. The number of aromatic nitrogens is 1. The largest absolute Gasteiger partial charge is 0.497 e. The van der Waals surface area contributed by atoms with E-state index in [2.05, 4.69) is 15.6 Å². The van der Waals surface area contributed by atoms with Gasteiger partial charge in [-0.15, -0.1) is 0 Å². The number of amides is 3. The summed E-state index contributed by atoms with van der Waals surface area (Å²) in [4.78, 5) is 26.7. The molecule has 0 radical (unpaired) electrons. The van der Waals surface area contributed by atoms with E-state index in [1.165, 1.54) is 0 Å². The van der Waals surface area contributed by atoms with Crippen molar-refractivity contribution in [2.24, 2.45) is 5.73 Å². The van der Waals surface area contributed by atoms with Crippen LogP contribution in [0.3, 0.4) is 0 Å². The topological polar surface area (TPSA) is 109 Å². The summed E-state index contributed by atoms with van der Waals surface area (Å²) in [6, 6.07) is 14.2. The molecule has 2 heterocycles. The van der Waals surface area contributed by atoms with Crippen LogP contribution in [0.2, 0.25) is 0 Å². The molecule has 0 saturated carbocycles. The summed E-state index contributed by atoms with van der Waals surface area (Å²) in [5.41, 5.74) is 10.4. The molecule has 3 amide bonds. The van der Waals surface area contributed by atoms with Crippen molar-refractivity contribution in [1.82, 2.24) is 4.98 Å². The standard InChI is InChI=1S/C21H18N4O3/c1-28-16-5-2-12(3-6-16)13-8-15(23-11-13)10-18-17-9-14(24-21(22)27)4-7-19(17)25-20(18)26/h2-11,23H,1H3,(H,25,26)(H3,22,24,27). The van der Waals surface area contributed by atoms with Gasteiger partial charge in [-0.2, -0.15) is 0 Å². The number of carbonyl (C=O) groups is 2. The van der Waals surface area contributed by atoms with Crippen LogP contribution in [0, 0.1) is 0 Å². The predicted octanol–water partition coefficient (Wildman–Crippen LogP) is 3.67. The molecule has 0 saturated heterocycles. The lowest BCUT2D eigenvalue weighted by Crippen LogP contribution is -2.19. The number of ether oxygens (including phenoxy) is 1. The van der Waals surface area contributed by atoms with Gasteiger partial charge in [0.05, 0.1) is 12.7 Å². The third kappa shape index (κ3) is 3.33. The highest BCUT2D eigenvalue weighted by Crippen LogP contribution is 2.35. The van der Waals surface area contributed by atoms with Crippen molar-refractivity contribution in [3.05, 3.63) is 66.0 Å². The van der Waals surface area contributed by atoms with Crippen LogP contribution >= 0.6 is 0 Å². The van der Waals surface area contributed by atoms with Crippen molar-refractivity contribution in [3.8, 4) is 16.9 Å². The molecule has 28 heavy (non-hydrogen) atoms. The number of hydrogen-bond donors (Lipinski definition) is 4. The van der Waals surface area contributed by atoms with Crippen molar-refractivity contribution in [1.29, 1.82) is 0 Å². The van der Waals surface area contributed by atoms with Crippen LogP contribution in [0.5, 0.6) is 5.75 Å². The van der Waals surface area contributed by atoms with Gasteiger partial charge in [-0.3, -0.25) is 4.79 Å². The summed E-state index contributed by atoms with van der Waals surface area (Å²) < 4.78 is 5.18. The smallest absolute Gasteiger partial charge is 0.316 e. The van der Waals surface area contributed by atoms with Gasteiger partial charge in [0.15, 0.2) is 0 Å². The molecule has 140 valence electrons. The Hall–Kier alpha value is -4.00. The average molecular weight is 374 g/mol. The van der Waals surface area contributed by atoms with Gasteiger partial charge in [-0.1, -0.05) is 12.1 Å². The molecule has 3 aromatic rings. The van der Waals surface area contributed by atoms with Crippen molar-refractivity contribution < 1.29 is 14.3 Å². The second-order valence-electron chi connectivity index (χ2n) is 6.33. The Balaban J connectivity index is 1.65. The highest BCUT2D eigenvalue weighted by atomic mass is 16.5. The molecule has 0 fully saturated rings. The Labute approximate surface area is 161 Å². The maximum absolute atomic E-state index is 12.4. The van der Waals surface area contributed by atoms with Gasteiger partial charge in [0.1, 0.15) is 5.75 Å². The zero-order valence-electron chi connectivity index (χ0n) is 15.1. The van der Waals surface area contributed by atoms with E-state index < -0.39 is 6.03 Å². The zero-order chi connectivity index (χ0) is 19.7.